The number of carbonyl (C=O) groups excluding carboxylic acids is 2. The van der Waals surface area contributed by atoms with Crippen LogP contribution >= 0.6 is 0 Å². The monoisotopic (exact) mass is 428 g/mol. The van der Waals surface area contributed by atoms with Crippen LogP contribution in [0.2, 0.25) is 0 Å². The Kier molecular flexibility index (Phi) is 6.30. The first-order valence-electron chi connectivity index (χ1n) is 10.9. The van der Waals surface area contributed by atoms with Crippen LogP contribution in [0.25, 0.3) is 11.1 Å². The molecule has 1 fully saturated rings. The van der Waals surface area contributed by atoms with Gasteiger partial charge in [-0.05, 0) is 36.0 Å². The SMILES string of the molecule is CN(C)C(=O)C1(Cc2ccccc2-c2ccccc2)CCCN(C(=O)c2cnccn2)C1. The Balaban J connectivity index is 1.70. The second-order valence-electron chi connectivity index (χ2n) is 8.60. The fourth-order valence-electron chi connectivity index (χ4n) is 4.68. The number of hydrogen-bond acceptors (Lipinski definition) is 4. The van der Waals surface area contributed by atoms with Crippen LogP contribution in [-0.4, -0.2) is 58.8 Å². The lowest BCUT2D eigenvalue weighted by atomic mass is 9.72. The molecular weight excluding hydrogens is 400 g/mol. The van der Waals surface area contributed by atoms with Crippen molar-refractivity contribution in [2.24, 2.45) is 5.41 Å². The standard InChI is InChI=1S/C26H28N4O2/c1-29(2)25(32)26(13-8-16-30(19-26)24(31)23-18-27-14-15-28-23)17-21-11-6-7-12-22(21)20-9-4-3-5-10-20/h3-7,9-12,14-15,18H,8,13,16-17,19H2,1-2H3. The molecule has 0 spiro atoms. The van der Waals surface area contributed by atoms with Crippen molar-refractivity contribution >= 4 is 11.8 Å². The van der Waals surface area contributed by atoms with Gasteiger partial charge >= 0.3 is 0 Å². The first-order valence-corrected chi connectivity index (χ1v) is 10.9. The molecule has 0 saturated carbocycles. The number of piperidine rings is 1. The van der Waals surface area contributed by atoms with Crippen LogP contribution in [0.5, 0.6) is 0 Å². The summed E-state index contributed by atoms with van der Waals surface area (Å²) in [5.74, 6) is -0.123. The Morgan fingerprint density at radius 2 is 1.78 bits per heavy atom. The van der Waals surface area contributed by atoms with Gasteiger partial charge in [-0.25, -0.2) is 4.98 Å². The van der Waals surface area contributed by atoms with Gasteiger partial charge in [0.25, 0.3) is 5.91 Å². The third kappa shape index (κ3) is 4.40. The molecule has 1 unspecified atom stereocenters. The summed E-state index contributed by atoms with van der Waals surface area (Å²) in [6, 6.07) is 18.5. The molecule has 1 aliphatic rings. The van der Waals surface area contributed by atoms with E-state index in [1.165, 1.54) is 12.4 Å². The molecule has 0 bridgehead atoms. The molecule has 2 amide bonds. The van der Waals surface area contributed by atoms with Crippen LogP contribution in [-0.2, 0) is 11.2 Å². The predicted octanol–water partition coefficient (Wildman–Crippen LogP) is 3.70. The molecule has 1 atom stereocenters. The van der Waals surface area contributed by atoms with Gasteiger partial charge in [0.05, 0.1) is 11.6 Å². The first kappa shape index (κ1) is 21.7. The van der Waals surface area contributed by atoms with Crippen LogP contribution in [0.1, 0.15) is 28.9 Å². The molecule has 1 aliphatic heterocycles. The van der Waals surface area contributed by atoms with Gasteiger partial charge in [-0.2, -0.15) is 0 Å². The summed E-state index contributed by atoms with van der Waals surface area (Å²) >= 11 is 0. The number of aromatic nitrogens is 2. The van der Waals surface area contributed by atoms with Gasteiger partial charge in [-0.3, -0.25) is 14.6 Å². The highest BCUT2D eigenvalue weighted by Crippen LogP contribution is 2.38. The molecule has 4 rings (SSSR count). The van der Waals surface area contributed by atoms with Gasteiger partial charge in [0, 0.05) is 39.6 Å². The number of carbonyl (C=O) groups is 2. The summed E-state index contributed by atoms with van der Waals surface area (Å²) < 4.78 is 0. The van der Waals surface area contributed by atoms with E-state index in [9.17, 15) is 9.59 Å². The normalized spacial score (nSPS) is 18.2. The largest absolute Gasteiger partial charge is 0.348 e. The number of benzene rings is 2. The summed E-state index contributed by atoms with van der Waals surface area (Å²) in [6.07, 6.45) is 6.62. The minimum atomic E-state index is -0.690. The average molecular weight is 429 g/mol. The average Bonchev–Trinajstić information content (AvgIpc) is 2.84. The van der Waals surface area contributed by atoms with Crippen LogP contribution in [0.4, 0.5) is 0 Å². The summed E-state index contributed by atoms with van der Waals surface area (Å²) in [5.41, 5.74) is 2.98. The zero-order valence-electron chi connectivity index (χ0n) is 18.6. The lowest BCUT2D eigenvalue weighted by Crippen LogP contribution is -2.54. The van der Waals surface area contributed by atoms with Crippen LogP contribution < -0.4 is 0 Å². The molecule has 2 aromatic carbocycles. The zero-order chi connectivity index (χ0) is 22.6. The highest BCUT2D eigenvalue weighted by atomic mass is 16.2. The molecule has 6 heteroatoms. The maximum absolute atomic E-state index is 13.5. The molecule has 164 valence electrons. The molecule has 6 nitrogen and oxygen atoms in total. The molecule has 0 radical (unpaired) electrons. The van der Waals surface area contributed by atoms with Crippen molar-refractivity contribution in [3.8, 4) is 11.1 Å². The van der Waals surface area contributed by atoms with Gasteiger partial charge in [0.2, 0.25) is 5.91 Å². The molecule has 32 heavy (non-hydrogen) atoms. The van der Waals surface area contributed by atoms with Crippen molar-refractivity contribution in [1.82, 2.24) is 19.8 Å². The summed E-state index contributed by atoms with van der Waals surface area (Å²) in [4.78, 5) is 38.3. The van der Waals surface area contributed by atoms with Gasteiger partial charge in [0.1, 0.15) is 5.69 Å². The van der Waals surface area contributed by atoms with E-state index in [0.29, 0.717) is 25.2 Å². The maximum atomic E-state index is 13.5. The summed E-state index contributed by atoms with van der Waals surface area (Å²) in [5, 5.41) is 0. The topological polar surface area (TPSA) is 66.4 Å². The molecule has 0 aliphatic carbocycles. The smallest absolute Gasteiger partial charge is 0.274 e. The fourth-order valence-corrected chi connectivity index (χ4v) is 4.68. The Bertz CT molecular complexity index is 1090. The van der Waals surface area contributed by atoms with E-state index in [-0.39, 0.29) is 11.8 Å². The third-order valence-electron chi connectivity index (χ3n) is 6.14. The van der Waals surface area contributed by atoms with E-state index in [1.807, 2.05) is 30.3 Å². The molecular formula is C26H28N4O2. The number of likely N-dealkylation sites (tertiary alicyclic amines) is 1. The van der Waals surface area contributed by atoms with E-state index in [0.717, 1.165) is 29.5 Å². The highest BCUT2D eigenvalue weighted by molar-refractivity contribution is 5.93. The van der Waals surface area contributed by atoms with Crippen molar-refractivity contribution in [2.45, 2.75) is 19.3 Å². The van der Waals surface area contributed by atoms with Crippen molar-refractivity contribution < 1.29 is 9.59 Å². The fraction of sp³-hybridized carbons (Fsp3) is 0.308. The van der Waals surface area contributed by atoms with Gasteiger partial charge in [0.15, 0.2) is 0 Å². The molecule has 3 aromatic rings. The number of hydrogen-bond donors (Lipinski definition) is 0. The van der Waals surface area contributed by atoms with Crippen molar-refractivity contribution in [3.63, 3.8) is 0 Å². The zero-order valence-corrected chi connectivity index (χ0v) is 18.6. The van der Waals surface area contributed by atoms with E-state index in [1.54, 1.807) is 30.1 Å². The quantitative estimate of drug-likeness (QED) is 0.622. The van der Waals surface area contributed by atoms with E-state index < -0.39 is 5.41 Å². The van der Waals surface area contributed by atoms with E-state index >= 15 is 0 Å². The maximum Gasteiger partial charge on any atom is 0.274 e. The van der Waals surface area contributed by atoms with Crippen LogP contribution in [0.3, 0.4) is 0 Å². The minimum Gasteiger partial charge on any atom is -0.348 e. The minimum absolute atomic E-state index is 0.0528. The van der Waals surface area contributed by atoms with Crippen LogP contribution in [0, 0.1) is 5.41 Å². The van der Waals surface area contributed by atoms with Crippen molar-refractivity contribution in [3.05, 3.63) is 84.4 Å². The molecule has 0 N–H and O–H groups in total. The molecule has 1 aromatic heterocycles. The molecule has 1 saturated heterocycles. The van der Waals surface area contributed by atoms with Gasteiger partial charge in [-0.1, -0.05) is 54.6 Å². The Morgan fingerprint density at radius 3 is 2.50 bits per heavy atom. The third-order valence-corrected chi connectivity index (χ3v) is 6.14. The Hall–Kier alpha value is -3.54. The summed E-state index contributed by atoms with van der Waals surface area (Å²) in [6.45, 7) is 0.973. The lowest BCUT2D eigenvalue weighted by molar-refractivity contribution is -0.142. The number of amides is 2. The second-order valence-corrected chi connectivity index (χ2v) is 8.60. The van der Waals surface area contributed by atoms with Gasteiger partial charge in [-0.15, -0.1) is 0 Å². The second kappa shape index (κ2) is 9.30. The van der Waals surface area contributed by atoms with Crippen LogP contribution in [0.15, 0.2) is 73.2 Å². The van der Waals surface area contributed by atoms with Crippen molar-refractivity contribution in [2.75, 3.05) is 27.2 Å². The van der Waals surface area contributed by atoms with E-state index in [2.05, 4.69) is 34.2 Å². The lowest BCUT2D eigenvalue weighted by Gasteiger charge is -2.43. The Morgan fingerprint density at radius 1 is 1.03 bits per heavy atom. The first-order chi connectivity index (χ1) is 15.5. The molecule has 2 heterocycles. The van der Waals surface area contributed by atoms with E-state index in [4.69, 9.17) is 0 Å². The predicted molar refractivity (Wildman–Crippen MR) is 124 cm³/mol. The highest BCUT2D eigenvalue weighted by Gasteiger charge is 2.45. The number of nitrogens with zero attached hydrogens (tertiary/aromatic N) is 4. The van der Waals surface area contributed by atoms with Gasteiger partial charge < -0.3 is 9.80 Å². The Labute approximate surface area is 188 Å². The number of rotatable bonds is 5. The van der Waals surface area contributed by atoms with Crippen molar-refractivity contribution in [1.29, 1.82) is 0 Å². The summed E-state index contributed by atoms with van der Waals surface area (Å²) in [7, 11) is 3.58.